The summed E-state index contributed by atoms with van der Waals surface area (Å²) >= 11 is 0. The summed E-state index contributed by atoms with van der Waals surface area (Å²) in [6, 6.07) is 13.4. The number of nitrogens with one attached hydrogen (secondary N) is 1. The van der Waals surface area contributed by atoms with Crippen molar-refractivity contribution in [2.75, 3.05) is 13.7 Å². The highest BCUT2D eigenvalue weighted by Crippen LogP contribution is 2.25. The molecular weight excluding hydrogens is 290 g/mol. The Morgan fingerprint density at radius 2 is 1.78 bits per heavy atom. The second kappa shape index (κ2) is 7.68. The summed E-state index contributed by atoms with van der Waals surface area (Å²) in [6.07, 6.45) is 0. The van der Waals surface area contributed by atoms with Crippen molar-refractivity contribution in [3.63, 3.8) is 0 Å². The predicted molar refractivity (Wildman–Crippen MR) is 91.0 cm³/mol. The maximum atomic E-state index is 12.1. The van der Waals surface area contributed by atoms with Crippen LogP contribution >= 0.6 is 0 Å². The molecule has 1 amide bonds. The summed E-state index contributed by atoms with van der Waals surface area (Å²) in [5.41, 5.74) is 3.54. The molecule has 2 rings (SSSR count). The molecule has 4 heteroatoms. The van der Waals surface area contributed by atoms with Crippen molar-refractivity contribution < 1.29 is 14.3 Å². The minimum atomic E-state index is -0.165. The lowest BCUT2D eigenvalue weighted by molar-refractivity contribution is -0.123. The third kappa shape index (κ3) is 4.49. The van der Waals surface area contributed by atoms with Gasteiger partial charge in [-0.15, -0.1) is 0 Å². The second-order valence-electron chi connectivity index (χ2n) is 5.57. The van der Waals surface area contributed by atoms with E-state index in [1.54, 1.807) is 19.2 Å². The van der Waals surface area contributed by atoms with Crippen LogP contribution in [0, 0.1) is 13.8 Å². The molecule has 0 radical (unpaired) electrons. The largest absolute Gasteiger partial charge is 0.493 e. The van der Waals surface area contributed by atoms with Gasteiger partial charge in [-0.25, -0.2) is 0 Å². The average molecular weight is 313 g/mol. The van der Waals surface area contributed by atoms with Gasteiger partial charge in [0.15, 0.2) is 18.1 Å². The van der Waals surface area contributed by atoms with Gasteiger partial charge in [-0.05, 0) is 49.6 Å². The lowest BCUT2D eigenvalue weighted by Crippen LogP contribution is -2.31. The number of hydrogen-bond donors (Lipinski definition) is 1. The molecule has 0 aromatic heterocycles. The van der Waals surface area contributed by atoms with E-state index < -0.39 is 0 Å². The zero-order valence-electron chi connectivity index (χ0n) is 14.1. The number of hydrogen-bond acceptors (Lipinski definition) is 3. The highest BCUT2D eigenvalue weighted by Gasteiger charge is 2.12. The number of para-hydroxylation sites is 2. The van der Waals surface area contributed by atoms with Gasteiger partial charge in [-0.3, -0.25) is 4.79 Å². The van der Waals surface area contributed by atoms with Gasteiger partial charge < -0.3 is 14.8 Å². The molecule has 0 fully saturated rings. The Morgan fingerprint density at radius 1 is 1.09 bits per heavy atom. The minimum Gasteiger partial charge on any atom is -0.493 e. The molecule has 0 heterocycles. The predicted octanol–water partition coefficient (Wildman–Crippen LogP) is 3.57. The zero-order valence-corrected chi connectivity index (χ0v) is 14.1. The van der Waals surface area contributed by atoms with Crippen molar-refractivity contribution in [1.82, 2.24) is 5.32 Å². The van der Waals surface area contributed by atoms with Gasteiger partial charge in [0.05, 0.1) is 13.2 Å². The van der Waals surface area contributed by atoms with E-state index in [1.165, 1.54) is 11.1 Å². The summed E-state index contributed by atoms with van der Waals surface area (Å²) in [7, 11) is 1.57. The fraction of sp³-hybridized carbons (Fsp3) is 0.316. The van der Waals surface area contributed by atoms with Gasteiger partial charge in [0, 0.05) is 0 Å². The first kappa shape index (κ1) is 16.9. The van der Waals surface area contributed by atoms with Gasteiger partial charge in [-0.1, -0.05) is 30.3 Å². The van der Waals surface area contributed by atoms with Crippen LogP contribution in [0.2, 0.25) is 0 Å². The Hall–Kier alpha value is -2.49. The standard InChI is InChI=1S/C19H23NO3/c1-13-9-10-16(11-14(13)2)15(3)20-19(21)12-23-18-8-6-5-7-17(18)22-4/h5-11,15H,12H2,1-4H3,(H,20,21)/t15-/m0/s1. The Balaban J connectivity index is 1.92. The first-order chi connectivity index (χ1) is 11.0. The van der Waals surface area contributed by atoms with E-state index in [2.05, 4.69) is 31.3 Å². The van der Waals surface area contributed by atoms with E-state index in [9.17, 15) is 4.79 Å². The van der Waals surface area contributed by atoms with Crippen LogP contribution in [0.15, 0.2) is 42.5 Å². The van der Waals surface area contributed by atoms with Crippen LogP contribution in [0.3, 0.4) is 0 Å². The molecule has 0 aliphatic rings. The number of benzene rings is 2. The molecule has 0 spiro atoms. The number of aryl methyl sites for hydroxylation is 2. The highest BCUT2D eigenvalue weighted by molar-refractivity contribution is 5.78. The van der Waals surface area contributed by atoms with Crippen molar-refractivity contribution in [2.45, 2.75) is 26.8 Å². The Kier molecular flexibility index (Phi) is 5.63. The first-order valence-electron chi connectivity index (χ1n) is 7.63. The number of methoxy groups -OCH3 is 1. The summed E-state index contributed by atoms with van der Waals surface area (Å²) < 4.78 is 10.7. The van der Waals surface area contributed by atoms with Crippen LogP contribution in [-0.4, -0.2) is 19.6 Å². The molecule has 2 aromatic carbocycles. The van der Waals surface area contributed by atoms with Crippen LogP contribution in [0.5, 0.6) is 11.5 Å². The van der Waals surface area contributed by atoms with E-state index in [1.807, 2.05) is 25.1 Å². The molecular formula is C19H23NO3. The van der Waals surface area contributed by atoms with E-state index in [4.69, 9.17) is 9.47 Å². The third-order valence-electron chi connectivity index (χ3n) is 3.84. The molecule has 0 unspecified atom stereocenters. The van der Waals surface area contributed by atoms with E-state index in [0.29, 0.717) is 11.5 Å². The normalized spacial score (nSPS) is 11.7. The molecule has 0 bridgehead atoms. The smallest absolute Gasteiger partial charge is 0.258 e. The second-order valence-corrected chi connectivity index (χ2v) is 5.57. The molecule has 0 aliphatic heterocycles. The summed E-state index contributed by atoms with van der Waals surface area (Å²) in [4.78, 5) is 12.1. The van der Waals surface area contributed by atoms with Crippen molar-refractivity contribution in [3.05, 3.63) is 59.2 Å². The summed E-state index contributed by atoms with van der Waals surface area (Å²) in [6.45, 7) is 6.06. The van der Waals surface area contributed by atoms with Gasteiger partial charge in [0.25, 0.3) is 5.91 Å². The summed E-state index contributed by atoms with van der Waals surface area (Å²) in [5.74, 6) is 1.01. The van der Waals surface area contributed by atoms with Gasteiger partial charge in [0.1, 0.15) is 0 Å². The fourth-order valence-electron chi connectivity index (χ4n) is 2.28. The molecule has 2 aromatic rings. The van der Waals surface area contributed by atoms with Gasteiger partial charge in [-0.2, -0.15) is 0 Å². The molecule has 122 valence electrons. The summed E-state index contributed by atoms with van der Waals surface area (Å²) in [5, 5.41) is 2.95. The first-order valence-corrected chi connectivity index (χ1v) is 7.63. The van der Waals surface area contributed by atoms with Crippen molar-refractivity contribution in [3.8, 4) is 11.5 Å². The lowest BCUT2D eigenvalue weighted by atomic mass is 10.0. The number of carbonyl (C=O) groups excluding carboxylic acids is 1. The Morgan fingerprint density at radius 3 is 2.43 bits per heavy atom. The van der Waals surface area contributed by atoms with Crippen molar-refractivity contribution >= 4 is 5.91 Å². The molecule has 0 saturated heterocycles. The van der Waals surface area contributed by atoms with Crippen molar-refractivity contribution in [1.29, 1.82) is 0 Å². The van der Waals surface area contributed by atoms with Crippen LogP contribution in [0.25, 0.3) is 0 Å². The van der Waals surface area contributed by atoms with Gasteiger partial charge in [0.2, 0.25) is 0 Å². The van der Waals surface area contributed by atoms with Gasteiger partial charge >= 0.3 is 0 Å². The number of ether oxygens (including phenoxy) is 2. The monoisotopic (exact) mass is 313 g/mol. The minimum absolute atomic E-state index is 0.0461. The molecule has 1 N–H and O–H groups in total. The molecule has 0 saturated carbocycles. The topological polar surface area (TPSA) is 47.6 Å². The van der Waals surface area contributed by atoms with Crippen LogP contribution in [-0.2, 0) is 4.79 Å². The number of amides is 1. The van der Waals surface area contributed by atoms with Crippen LogP contribution in [0.4, 0.5) is 0 Å². The van der Waals surface area contributed by atoms with Crippen LogP contribution in [0.1, 0.15) is 29.7 Å². The maximum absolute atomic E-state index is 12.1. The Bertz CT molecular complexity index is 682. The maximum Gasteiger partial charge on any atom is 0.258 e. The highest BCUT2D eigenvalue weighted by atomic mass is 16.5. The third-order valence-corrected chi connectivity index (χ3v) is 3.84. The fourth-order valence-corrected chi connectivity index (χ4v) is 2.28. The number of rotatable bonds is 6. The van der Waals surface area contributed by atoms with Crippen molar-refractivity contribution in [2.24, 2.45) is 0 Å². The number of carbonyl (C=O) groups is 1. The molecule has 23 heavy (non-hydrogen) atoms. The Labute approximate surface area is 137 Å². The van der Waals surface area contributed by atoms with Crippen LogP contribution < -0.4 is 14.8 Å². The molecule has 0 aliphatic carbocycles. The SMILES string of the molecule is COc1ccccc1OCC(=O)N[C@@H](C)c1ccc(C)c(C)c1. The van der Waals surface area contributed by atoms with E-state index >= 15 is 0 Å². The molecule has 4 nitrogen and oxygen atoms in total. The molecule has 1 atom stereocenters. The zero-order chi connectivity index (χ0) is 16.8. The average Bonchev–Trinajstić information content (AvgIpc) is 2.55. The quantitative estimate of drug-likeness (QED) is 0.887. The van der Waals surface area contributed by atoms with E-state index in [0.717, 1.165) is 5.56 Å². The lowest BCUT2D eigenvalue weighted by Gasteiger charge is -2.16. The van der Waals surface area contributed by atoms with E-state index in [-0.39, 0.29) is 18.6 Å².